The molecule has 2 aromatic carbocycles. The summed E-state index contributed by atoms with van der Waals surface area (Å²) in [6.07, 6.45) is 1.44. The second-order valence-electron chi connectivity index (χ2n) is 5.93. The van der Waals surface area contributed by atoms with Crippen LogP contribution in [0.3, 0.4) is 0 Å². The van der Waals surface area contributed by atoms with Crippen LogP contribution in [0.15, 0.2) is 66.4 Å². The minimum Gasteiger partial charge on any atom is -0.395 e. The fourth-order valence-electron chi connectivity index (χ4n) is 2.47. The number of hydrogen-bond acceptors (Lipinski definition) is 5. The van der Waals surface area contributed by atoms with E-state index in [2.05, 4.69) is 5.32 Å². The lowest BCUT2D eigenvalue weighted by Gasteiger charge is -2.20. The first kappa shape index (κ1) is 19.9. The molecule has 0 spiro atoms. The average Bonchev–Trinajstić information content (AvgIpc) is 2.67. The maximum atomic E-state index is 12.4. The lowest BCUT2D eigenvalue weighted by Crippen LogP contribution is -2.24. The van der Waals surface area contributed by atoms with E-state index in [1.165, 1.54) is 13.1 Å². The number of nitrogens with zero attached hydrogens (tertiary/aromatic N) is 2. The third kappa shape index (κ3) is 6.10. The fraction of sp³-hybridized carbons (Fsp3) is 0.190. The van der Waals surface area contributed by atoms with Crippen molar-refractivity contribution < 1.29 is 14.7 Å². The molecule has 0 aliphatic carbocycles. The van der Waals surface area contributed by atoms with E-state index >= 15 is 0 Å². The maximum absolute atomic E-state index is 12.4. The Morgan fingerprint density at radius 3 is 2.56 bits per heavy atom. The number of aliphatic hydroxyl groups is 1. The van der Waals surface area contributed by atoms with E-state index in [0.717, 1.165) is 5.56 Å². The van der Waals surface area contributed by atoms with Crippen molar-refractivity contribution in [2.24, 2.45) is 0 Å². The molecular weight excluding hydrogens is 342 g/mol. The van der Waals surface area contributed by atoms with E-state index in [-0.39, 0.29) is 24.5 Å². The molecule has 0 unspecified atom stereocenters. The molecule has 6 heteroatoms. The van der Waals surface area contributed by atoms with Crippen molar-refractivity contribution in [1.29, 1.82) is 5.26 Å². The van der Waals surface area contributed by atoms with E-state index in [0.29, 0.717) is 17.8 Å². The number of rotatable bonds is 8. The van der Waals surface area contributed by atoms with Gasteiger partial charge in [-0.15, -0.1) is 0 Å². The van der Waals surface area contributed by atoms with Crippen molar-refractivity contribution >= 4 is 17.4 Å². The number of Topliss-reactive ketones (excluding diaryl/α,β-unsaturated/α-hetero) is 1. The van der Waals surface area contributed by atoms with Crippen LogP contribution in [0, 0.1) is 11.3 Å². The van der Waals surface area contributed by atoms with E-state index in [1.807, 2.05) is 36.4 Å². The zero-order chi connectivity index (χ0) is 19.6. The summed E-state index contributed by atoms with van der Waals surface area (Å²) in [5, 5.41) is 21.3. The van der Waals surface area contributed by atoms with Crippen LogP contribution in [0.25, 0.3) is 0 Å². The van der Waals surface area contributed by atoms with Crippen molar-refractivity contribution in [2.75, 3.05) is 18.5 Å². The van der Waals surface area contributed by atoms with Gasteiger partial charge in [0, 0.05) is 30.5 Å². The summed E-state index contributed by atoms with van der Waals surface area (Å²) in [6.45, 7) is 2.08. The highest BCUT2D eigenvalue weighted by molar-refractivity contribution is 6.07. The number of hydrogen-bond donors (Lipinski definition) is 2. The summed E-state index contributed by atoms with van der Waals surface area (Å²) in [7, 11) is 0. The molecule has 0 atom stereocenters. The largest absolute Gasteiger partial charge is 0.395 e. The predicted molar refractivity (Wildman–Crippen MR) is 103 cm³/mol. The van der Waals surface area contributed by atoms with Gasteiger partial charge in [-0.3, -0.25) is 9.59 Å². The van der Waals surface area contributed by atoms with E-state index < -0.39 is 5.91 Å². The van der Waals surface area contributed by atoms with Crippen LogP contribution in [-0.4, -0.2) is 34.8 Å². The molecule has 0 heterocycles. The van der Waals surface area contributed by atoms with Gasteiger partial charge in [-0.25, -0.2) is 0 Å². The fourth-order valence-corrected chi connectivity index (χ4v) is 2.47. The zero-order valence-electron chi connectivity index (χ0n) is 15.1. The van der Waals surface area contributed by atoms with Gasteiger partial charge in [0.15, 0.2) is 5.78 Å². The Morgan fingerprint density at radius 2 is 1.93 bits per heavy atom. The van der Waals surface area contributed by atoms with Crippen LogP contribution >= 0.6 is 0 Å². The van der Waals surface area contributed by atoms with Crippen LogP contribution in [-0.2, 0) is 11.3 Å². The molecule has 0 aromatic heterocycles. The highest BCUT2D eigenvalue weighted by Gasteiger charge is 2.13. The van der Waals surface area contributed by atoms with Gasteiger partial charge in [0.25, 0.3) is 5.91 Å². The number of anilines is 1. The number of ketones is 1. The Balaban J connectivity index is 2.16. The summed E-state index contributed by atoms with van der Waals surface area (Å²) < 4.78 is 0. The molecule has 138 valence electrons. The Labute approximate surface area is 158 Å². The Morgan fingerprint density at radius 1 is 1.19 bits per heavy atom. The first-order valence-corrected chi connectivity index (χ1v) is 8.46. The number of amides is 1. The summed E-state index contributed by atoms with van der Waals surface area (Å²) in [5.74, 6) is -0.687. The highest BCUT2D eigenvalue weighted by Crippen LogP contribution is 2.13. The van der Waals surface area contributed by atoms with Gasteiger partial charge in [0.2, 0.25) is 0 Å². The van der Waals surface area contributed by atoms with Gasteiger partial charge in [-0.05, 0) is 24.6 Å². The molecular formula is C21H21N3O3. The highest BCUT2D eigenvalue weighted by atomic mass is 16.3. The normalized spacial score (nSPS) is 10.8. The van der Waals surface area contributed by atoms with Gasteiger partial charge in [-0.2, -0.15) is 5.26 Å². The molecule has 0 saturated heterocycles. The number of nitrogens with one attached hydrogen (secondary N) is 1. The van der Waals surface area contributed by atoms with Gasteiger partial charge in [-0.1, -0.05) is 42.5 Å². The molecule has 2 aromatic rings. The third-order valence-electron chi connectivity index (χ3n) is 3.82. The average molecular weight is 363 g/mol. The Bertz CT molecular complexity index is 870. The second kappa shape index (κ2) is 9.90. The molecule has 2 rings (SSSR count). The topological polar surface area (TPSA) is 93.4 Å². The summed E-state index contributed by atoms with van der Waals surface area (Å²) >= 11 is 0. The van der Waals surface area contributed by atoms with Gasteiger partial charge in [0.05, 0.1) is 6.61 Å². The van der Waals surface area contributed by atoms with Crippen LogP contribution in [0.5, 0.6) is 0 Å². The van der Waals surface area contributed by atoms with Crippen molar-refractivity contribution in [3.05, 3.63) is 77.5 Å². The quantitative estimate of drug-likeness (QED) is 0.427. The SMILES string of the molecule is CC(=O)c1cccc(NC(=O)/C(C#N)=C\N(CCO)Cc2ccccc2)c1. The van der Waals surface area contributed by atoms with Gasteiger partial charge in [0.1, 0.15) is 11.6 Å². The molecule has 0 bridgehead atoms. The smallest absolute Gasteiger partial charge is 0.267 e. The monoisotopic (exact) mass is 363 g/mol. The molecule has 0 fully saturated rings. The van der Waals surface area contributed by atoms with E-state index in [4.69, 9.17) is 0 Å². The minimum atomic E-state index is -0.575. The molecule has 0 radical (unpaired) electrons. The van der Waals surface area contributed by atoms with Gasteiger partial charge >= 0.3 is 0 Å². The molecule has 0 saturated carbocycles. The molecule has 6 nitrogen and oxygen atoms in total. The van der Waals surface area contributed by atoms with Crippen LogP contribution < -0.4 is 5.32 Å². The summed E-state index contributed by atoms with van der Waals surface area (Å²) in [4.78, 5) is 25.6. The summed E-state index contributed by atoms with van der Waals surface area (Å²) in [6, 6.07) is 18.0. The van der Waals surface area contributed by atoms with E-state index in [9.17, 15) is 20.0 Å². The van der Waals surface area contributed by atoms with Gasteiger partial charge < -0.3 is 15.3 Å². The lowest BCUT2D eigenvalue weighted by atomic mass is 10.1. The number of aliphatic hydroxyl groups excluding tert-OH is 1. The van der Waals surface area contributed by atoms with Crippen molar-refractivity contribution in [2.45, 2.75) is 13.5 Å². The number of benzene rings is 2. The van der Waals surface area contributed by atoms with Crippen molar-refractivity contribution in [1.82, 2.24) is 4.90 Å². The molecule has 0 aliphatic heterocycles. The summed E-state index contributed by atoms with van der Waals surface area (Å²) in [5.41, 5.74) is 1.81. The number of nitriles is 1. The number of carbonyl (C=O) groups is 2. The van der Waals surface area contributed by atoms with Crippen molar-refractivity contribution in [3.8, 4) is 6.07 Å². The molecule has 1 amide bonds. The van der Waals surface area contributed by atoms with Crippen molar-refractivity contribution in [3.63, 3.8) is 0 Å². The Kier molecular flexibility index (Phi) is 7.29. The molecule has 2 N–H and O–H groups in total. The molecule has 27 heavy (non-hydrogen) atoms. The van der Waals surface area contributed by atoms with E-state index in [1.54, 1.807) is 29.2 Å². The molecule has 0 aliphatic rings. The first-order valence-electron chi connectivity index (χ1n) is 8.46. The third-order valence-corrected chi connectivity index (χ3v) is 3.82. The standard InChI is InChI=1S/C21H21N3O3/c1-16(26)18-8-5-9-20(12-18)23-21(27)19(13-22)15-24(10-11-25)14-17-6-3-2-4-7-17/h2-9,12,15,25H,10-11,14H2,1H3,(H,23,27)/b19-15-. The maximum Gasteiger partial charge on any atom is 0.267 e. The van der Waals surface area contributed by atoms with Crippen LogP contribution in [0.4, 0.5) is 5.69 Å². The lowest BCUT2D eigenvalue weighted by molar-refractivity contribution is -0.112. The van der Waals surface area contributed by atoms with Crippen LogP contribution in [0.2, 0.25) is 0 Å². The predicted octanol–water partition coefficient (Wildman–Crippen LogP) is 2.73. The second-order valence-corrected chi connectivity index (χ2v) is 5.93. The Hall–Kier alpha value is -3.43. The first-order chi connectivity index (χ1) is 13.0. The minimum absolute atomic E-state index is 0.0902. The number of carbonyl (C=O) groups excluding carboxylic acids is 2. The van der Waals surface area contributed by atoms with Crippen LogP contribution in [0.1, 0.15) is 22.8 Å². The zero-order valence-corrected chi connectivity index (χ0v) is 15.1.